The van der Waals surface area contributed by atoms with Crippen molar-refractivity contribution in [2.75, 3.05) is 17.2 Å². The number of hydrogen-bond acceptors (Lipinski definition) is 9. The summed E-state index contributed by atoms with van der Waals surface area (Å²) in [5.74, 6) is -0.466. The van der Waals surface area contributed by atoms with Gasteiger partial charge in [0.05, 0.1) is 11.9 Å². The van der Waals surface area contributed by atoms with Gasteiger partial charge >= 0.3 is 16.4 Å². The van der Waals surface area contributed by atoms with Gasteiger partial charge in [-0.05, 0) is 24.3 Å². The molecular weight excluding hydrogens is 370 g/mol. The average molecular weight is 385 g/mol. The first-order chi connectivity index (χ1) is 12.0. The van der Waals surface area contributed by atoms with E-state index in [2.05, 4.69) is 19.9 Å². The fraction of sp³-hybridized carbons (Fsp3) is 0. The van der Waals surface area contributed by atoms with Gasteiger partial charge in [-0.2, -0.15) is 18.4 Å². The molecule has 1 aromatic carbocycles. The molecule has 0 amide bonds. The minimum atomic E-state index is -4.67. The number of rotatable bonds is 1. The summed E-state index contributed by atoms with van der Waals surface area (Å²) in [5.41, 5.74) is 18.1. The molecule has 13 nitrogen and oxygen atoms in total. The van der Waals surface area contributed by atoms with E-state index in [9.17, 15) is 4.79 Å². The van der Waals surface area contributed by atoms with Gasteiger partial charge in [0.15, 0.2) is 11.5 Å². The maximum Gasteiger partial charge on any atom is 0.394 e. The zero-order valence-electron chi connectivity index (χ0n) is 12.9. The number of aromatic carboxylic acids is 1. The van der Waals surface area contributed by atoms with Crippen LogP contribution in [-0.4, -0.2) is 48.5 Å². The van der Waals surface area contributed by atoms with Gasteiger partial charge in [0.25, 0.3) is 0 Å². The monoisotopic (exact) mass is 385 g/mol. The van der Waals surface area contributed by atoms with E-state index < -0.39 is 16.4 Å². The quantitative estimate of drug-likeness (QED) is 0.213. The molecular formula is C12H15N7O6S. The SMILES string of the molecule is Nc1ccc(C(=O)O)cc1.Nc1nc(N)c2[nH]cnc2n1.O=S(=O)(O)O. The highest BCUT2D eigenvalue weighted by Crippen LogP contribution is 2.12. The molecule has 0 bridgehead atoms. The summed E-state index contributed by atoms with van der Waals surface area (Å²) < 4.78 is 31.6. The second-order valence-corrected chi connectivity index (χ2v) is 5.34. The third-order valence-corrected chi connectivity index (χ3v) is 2.49. The number of hydrogen-bond donors (Lipinski definition) is 7. The Morgan fingerprint density at radius 1 is 1.04 bits per heavy atom. The number of H-pyrrole nitrogens is 1. The number of nitrogen functional groups attached to an aromatic ring is 3. The lowest BCUT2D eigenvalue weighted by molar-refractivity contribution is 0.0697. The van der Waals surface area contributed by atoms with Crippen LogP contribution >= 0.6 is 0 Å². The molecule has 26 heavy (non-hydrogen) atoms. The van der Waals surface area contributed by atoms with Crippen LogP contribution in [-0.2, 0) is 10.4 Å². The largest absolute Gasteiger partial charge is 0.478 e. The van der Waals surface area contributed by atoms with Gasteiger partial charge in [-0.25, -0.2) is 9.78 Å². The molecule has 0 saturated heterocycles. The Bertz CT molecular complexity index is 979. The lowest BCUT2D eigenvalue weighted by atomic mass is 10.2. The molecule has 140 valence electrons. The van der Waals surface area contributed by atoms with Crippen LogP contribution in [0.5, 0.6) is 0 Å². The van der Waals surface area contributed by atoms with Gasteiger partial charge in [-0.1, -0.05) is 0 Å². The number of nitrogens with two attached hydrogens (primary N) is 3. The number of carboxylic acids is 1. The van der Waals surface area contributed by atoms with Gasteiger partial charge in [0.2, 0.25) is 5.95 Å². The standard InChI is InChI=1S/C7H7NO2.C5H6N6.H2O4S/c8-6-3-1-5(2-4-6)7(9)10;6-3-2-4(9-1-8-2)11-5(7)10-3;1-5(2,3)4/h1-4H,8H2,(H,9,10);1H,(H5,6,7,8,9,10,11);(H2,1,2,3,4). The third-order valence-electron chi connectivity index (χ3n) is 2.49. The molecule has 0 aliphatic carbocycles. The van der Waals surface area contributed by atoms with Crippen LogP contribution in [0.4, 0.5) is 17.5 Å². The number of aromatic amines is 1. The molecule has 3 rings (SSSR count). The number of anilines is 3. The Kier molecular flexibility index (Phi) is 6.77. The number of imidazole rings is 1. The number of fused-ring (bicyclic) bond motifs is 1. The fourth-order valence-electron chi connectivity index (χ4n) is 1.50. The molecule has 14 heteroatoms. The van der Waals surface area contributed by atoms with Crippen LogP contribution < -0.4 is 17.2 Å². The second-order valence-electron chi connectivity index (χ2n) is 4.44. The van der Waals surface area contributed by atoms with Crippen LogP contribution in [0.25, 0.3) is 11.2 Å². The summed E-state index contributed by atoms with van der Waals surface area (Å²) >= 11 is 0. The van der Waals surface area contributed by atoms with Gasteiger partial charge in [0, 0.05) is 5.69 Å². The fourth-order valence-corrected chi connectivity index (χ4v) is 1.50. The first kappa shape index (κ1) is 20.6. The van der Waals surface area contributed by atoms with Gasteiger partial charge in [0.1, 0.15) is 5.52 Å². The Morgan fingerprint density at radius 3 is 2.08 bits per heavy atom. The third kappa shape index (κ3) is 7.39. The maximum atomic E-state index is 10.3. The maximum absolute atomic E-state index is 10.3. The van der Waals surface area contributed by atoms with Gasteiger partial charge in [-0.3, -0.25) is 9.11 Å². The topological polar surface area (TPSA) is 244 Å². The Balaban J connectivity index is 0.000000210. The van der Waals surface area contributed by atoms with Crippen molar-refractivity contribution in [3.63, 3.8) is 0 Å². The lowest BCUT2D eigenvalue weighted by Crippen LogP contribution is -1.99. The van der Waals surface area contributed by atoms with Crippen LogP contribution in [0.15, 0.2) is 30.6 Å². The summed E-state index contributed by atoms with van der Waals surface area (Å²) in [4.78, 5) is 24.5. The van der Waals surface area contributed by atoms with E-state index in [4.69, 9.17) is 39.8 Å². The van der Waals surface area contributed by atoms with Crippen LogP contribution in [0.3, 0.4) is 0 Å². The summed E-state index contributed by atoms with van der Waals surface area (Å²) in [6, 6.07) is 6.06. The smallest absolute Gasteiger partial charge is 0.394 e. The molecule has 2 aromatic heterocycles. The number of carboxylic acid groups (broad SMARTS) is 1. The van der Waals surface area contributed by atoms with E-state index in [0.717, 1.165) is 0 Å². The lowest BCUT2D eigenvalue weighted by Gasteiger charge is -1.94. The predicted molar refractivity (Wildman–Crippen MR) is 92.5 cm³/mol. The highest BCUT2D eigenvalue weighted by molar-refractivity contribution is 7.79. The zero-order valence-corrected chi connectivity index (χ0v) is 13.8. The van der Waals surface area contributed by atoms with E-state index in [1.807, 2.05) is 0 Å². The highest BCUT2D eigenvalue weighted by atomic mass is 32.3. The first-order valence-corrected chi connectivity index (χ1v) is 7.88. The molecule has 10 N–H and O–H groups in total. The molecule has 0 aliphatic heterocycles. The number of carbonyl (C=O) groups is 1. The normalized spacial score (nSPS) is 10.2. The van der Waals surface area contributed by atoms with Crippen molar-refractivity contribution in [2.45, 2.75) is 0 Å². The second kappa shape index (κ2) is 8.56. The highest BCUT2D eigenvalue weighted by Gasteiger charge is 2.03. The molecule has 3 aromatic rings. The number of aromatic nitrogens is 4. The minimum absolute atomic E-state index is 0.141. The summed E-state index contributed by atoms with van der Waals surface area (Å²) in [7, 11) is -4.67. The van der Waals surface area contributed by atoms with Crippen molar-refractivity contribution in [2.24, 2.45) is 0 Å². The van der Waals surface area contributed by atoms with Crippen molar-refractivity contribution < 1.29 is 27.4 Å². The molecule has 0 fully saturated rings. The Morgan fingerprint density at radius 2 is 1.58 bits per heavy atom. The van der Waals surface area contributed by atoms with Crippen molar-refractivity contribution in [3.8, 4) is 0 Å². The van der Waals surface area contributed by atoms with Crippen LogP contribution in [0, 0.1) is 0 Å². The zero-order chi connectivity index (χ0) is 19.9. The van der Waals surface area contributed by atoms with E-state index in [1.54, 1.807) is 12.1 Å². The van der Waals surface area contributed by atoms with Gasteiger partial charge < -0.3 is 27.3 Å². The van der Waals surface area contributed by atoms with Gasteiger partial charge in [-0.15, -0.1) is 0 Å². The van der Waals surface area contributed by atoms with E-state index in [0.29, 0.717) is 22.7 Å². The molecule has 0 aliphatic rings. The van der Waals surface area contributed by atoms with Crippen LogP contribution in [0.2, 0.25) is 0 Å². The number of benzene rings is 1. The Hall–Kier alpha value is -3.49. The van der Waals surface area contributed by atoms with Crippen molar-refractivity contribution in [1.82, 2.24) is 19.9 Å². The van der Waals surface area contributed by atoms with Crippen molar-refractivity contribution in [3.05, 3.63) is 36.2 Å². The molecule has 0 saturated carbocycles. The molecule has 0 atom stereocenters. The predicted octanol–water partition coefficient (Wildman–Crippen LogP) is -0.168. The molecule has 2 heterocycles. The van der Waals surface area contributed by atoms with E-state index in [-0.39, 0.29) is 11.5 Å². The molecule has 0 spiro atoms. The summed E-state index contributed by atoms with van der Waals surface area (Å²) in [6.45, 7) is 0. The molecule has 0 unspecified atom stereocenters. The molecule has 0 radical (unpaired) electrons. The first-order valence-electron chi connectivity index (χ1n) is 6.48. The van der Waals surface area contributed by atoms with Crippen molar-refractivity contribution in [1.29, 1.82) is 0 Å². The minimum Gasteiger partial charge on any atom is -0.478 e. The summed E-state index contributed by atoms with van der Waals surface area (Å²) in [5, 5.41) is 8.43. The Labute approximate surface area is 146 Å². The van der Waals surface area contributed by atoms with Crippen LogP contribution in [0.1, 0.15) is 10.4 Å². The number of nitrogens with zero attached hydrogens (tertiary/aromatic N) is 3. The average Bonchev–Trinajstić information content (AvgIpc) is 2.95. The number of nitrogens with one attached hydrogen (secondary N) is 1. The van der Waals surface area contributed by atoms with E-state index >= 15 is 0 Å². The summed E-state index contributed by atoms with van der Waals surface area (Å²) in [6.07, 6.45) is 1.50. The van der Waals surface area contributed by atoms with Crippen molar-refractivity contribution >= 4 is 45.0 Å². The van der Waals surface area contributed by atoms with E-state index in [1.165, 1.54) is 18.5 Å².